The molecule has 1 heterocycles. The molecule has 4 heteroatoms. The summed E-state index contributed by atoms with van der Waals surface area (Å²) in [5.74, 6) is 0.879. The van der Waals surface area contributed by atoms with Crippen LogP contribution in [0.25, 0.3) is 22.0 Å². The molecule has 0 aliphatic heterocycles. The molecule has 1 radical (unpaired) electrons. The first kappa shape index (κ1) is 12.6. The summed E-state index contributed by atoms with van der Waals surface area (Å²) in [6.45, 7) is 2.65. The third kappa shape index (κ3) is 2.38. The SMILES string of the molecule is CCOc1ccc2cc(-c3cs[c]n3)ccc2c1Br. The Kier molecular flexibility index (Phi) is 3.53. The summed E-state index contributed by atoms with van der Waals surface area (Å²) in [6.07, 6.45) is 0. The van der Waals surface area contributed by atoms with Gasteiger partial charge in [-0.3, -0.25) is 0 Å². The number of halogens is 1. The van der Waals surface area contributed by atoms with Gasteiger partial charge in [-0.15, -0.1) is 11.3 Å². The lowest BCUT2D eigenvalue weighted by Crippen LogP contribution is -1.92. The van der Waals surface area contributed by atoms with Gasteiger partial charge in [0.05, 0.1) is 16.8 Å². The van der Waals surface area contributed by atoms with E-state index in [2.05, 4.69) is 50.7 Å². The number of ether oxygens (including phenoxy) is 1. The first-order chi connectivity index (χ1) is 9.29. The van der Waals surface area contributed by atoms with E-state index in [4.69, 9.17) is 4.74 Å². The fourth-order valence-corrected chi connectivity index (χ4v) is 3.13. The van der Waals surface area contributed by atoms with Crippen LogP contribution in [0.3, 0.4) is 0 Å². The van der Waals surface area contributed by atoms with E-state index in [9.17, 15) is 0 Å². The minimum Gasteiger partial charge on any atom is -0.493 e. The van der Waals surface area contributed by atoms with E-state index in [-0.39, 0.29) is 0 Å². The van der Waals surface area contributed by atoms with Crippen molar-refractivity contribution >= 4 is 38.0 Å². The minimum absolute atomic E-state index is 0.664. The van der Waals surface area contributed by atoms with Gasteiger partial charge in [-0.25, -0.2) is 4.98 Å². The maximum Gasteiger partial charge on any atom is 0.152 e. The number of thiazole rings is 1. The van der Waals surface area contributed by atoms with Crippen molar-refractivity contribution < 1.29 is 4.74 Å². The molecule has 0 saturated heterocycles. The van der Waals surface area contributed by atoms with E-state index in [1.165, 1.54) is 16.7 Å². The van der Waals surface area contributed by atoms with Crippen LogP contribution in [0.1, 0.15) is 6.92 Å². The van der Waals surface area contributed by atoms with Crippen LogP contribution in [0.4, 0.5) is 0 Å². The molecule has 3 aromatic rings. The van der Waals surface area contributed by atoms with Gasteiger partial charge in [0, 0.05) is 10.9 Å². The summed E-state index contributed by atoms with van der Waals surface area (Å²) in [5.41, 5.74) is 4.96. The molecule has 0 aliphatic carbocycles. The second kappa shape index (κ2) is 5.31. The highest BCUT2D eigenvalue weighted by atomic mass is 79.9. The molecule has 0 aliphatic rings. The highest BCUT2D eigenvalue weighted by Crippen LogP contribution is 2.35. The maximum atomic E-state index is 5.58. The molecular weight excluding hydrogens is 322 g/mol. The third-order valence-corrected chi connectivity index (χ3v) is 4.26. The van der Waals surface area contributed by atoms with Gasteiger partial charge in [0.25, 0.3) is 0 Å². The van der Waals surface area contributed by atoms with Crippen molar-refractivity contribution in [2.45, 2.75) is 6.92 Å². The van der Waals surface area contributed by atoms with Crippen LogP contribution >= 0.6 is 27.3 Å². The fraction of sp³-hybridized carbons (Fsp3) is 0.133. The summed E-state index contributed by atoms with van der Waals surface area (Å²) in [5, 5.41) is 4.32. The second-order valence-electron chi connectivity index (χ2n) is 4.07. The molecule has 0 saturated carbocycles. The van der Waals surface area contributed by atoms with E-state index in [0.29, 0.717) is 6.61 Å². The molecule has 2 nitrogen and oxygen atoms in total. The van der Waals surface area contributed by atoms with Gasteiger partial charge in [0.1, 0.15) is 5.75 Å². The first-order valence-corrected chi connectivity index (χ1v) is 7.64. The zero-order valence-electron chi connectivity index (χ0n) is 10.3. The molecule has 19 heavy (non-hydrogen) atoms. The molecule has 0 unspecified atom stereocenters. The van der Waals surface area contributed by atoms with Gasteiger partial charge in [-0.1, -0.05) is 18.2 Å². The first-order valence-electron chi connectivity index (χ1n) is 5.96. The predicted molar refractivity (Wildman–Crippen MR) is 82.8 cm³/mol. The van der Waals surface area contributed by atoms with Gasteiger partial charge in [-0.05, 0) is 45.8 Å². The van der Waals surface area contributed by atoms with Crippen LogP contribution in [0.15, 0.2) is 40.2 Å². The zero-order chi connectivity index (χ0) is 13.2. The molecule has 0 spiro atoms. The average molecular weight is 333 g/mol. The van der Waals surface area contributed by atoms with Crippen LogP contribution in [0.5, 0.6) is 5.75 Å². The quantitative estimate of drug-likeness (QED) is 0.678. The van der Waals surface area contributed by atoms with Gasteiger partial charge < -0.3 is 4.74 Å². The summed E-state index contributed by atoms with van der Waals surface area (Å²) in [4.78, 5) is 4.22. The minimum atomic E-state index is 0.664. The lowest BCUT2D eigenvalue weighted by atomic mass is 10.1. The van der Waals surface area contributed by atoms with Gasteiger partial charge in [0.2, 0.25) is 0 Å². The predicted octanol–water partition coefficient (Wildman–Crippen LogP) is 4.92. The van der Waals surface area contributed by atoms with Crippen LogP contribution in [-0.2, 0) is 0 Å². The Labute approximate surface area is 124 Å². The van der Waals surface area contributed by atoms with Gasteiger partial charge in [-0.2, -0.15) is 0 Å². The van der Waals surface area contributed by atoms with E-state index >= 15 is 0 Å². The van der Waals surface area contributed by atoms with Crippen molar-refractivity contribution in [3.8, 4) is 17.0 Å². The third-order valence-electron chi connectivity index (χ3n) is 2.90. The lowest BCUT2D eigenvalue weighted by Gasteiger charge is -2.09. The van der Waals surface area contributed by atoms with Crippen LogP contribution in [-0.4, -0.2) is 11.6 Å². The number of aromatic nitrogens is 1. The number of rotatable bonds is 3. The number of hydrogen-bond donors (Lipinski definition) is 0. The molecule has 0 bridgehead atoms. The number of nitrogens with zero attached hydrogens (tertiary/aromatic N) is 1. The Morgan fingerprint density at radius 2 is 2.21 bits per heavy atom. The molecule has 95 valence electrons. The van der Waals surface area contributed by atoms with Crippen molar-refractivity contribution in [1.82, 2.24) is 4.98 Å². The maximum absolute atomic E-state index is 5.58. The average Bonchev–Trinajstić information content (AvgIpc) is 2.96. The Morgan fingerprint density at radius 3 is 2.95 bits per heavy atom. The summed E-state index contributed by atoms with van der Waals surface area (Å²) >= 11 is 5.10. The van der Waals surface area contributed by atoms with E-state index < -0.39 is 0 Å². The number of fused-ring (bicyclic) bond motifs is 1. The molecule has 1 aromatic heterocycles. The van der Waals surface area contributed by atoms with Crippen LogP contribution in [0.2, 0.25) is 0 Å². The molecule has 0 fully saturated rings. The fourth-order valence-electron chi connectivity index (χ4n) is 2.01. The molecule has 2 aromatic carbocycles. The van der Waals surface area contributed by atoms with Crippen LogP contribution in [0, 0.1) is 5.51 Å². The van der Waals surface area contributed by atoms with Gasteiger partial charge in [0.15, 0.2) is 5.51 Å². The Hall–Kier alpha value is -1.39. The van der Waals surface area contributed by atoms with E-state index in [1.54, 1.807) is 0 Å². The van der Waals surface area contributed by atoms with E-state index in [1.807, 2.05) is 18.4 Å². The van der Waals surface area contributed by atoms with Crippen LogP contribution < -0.4 is 4.74 Å². The topological polar surface area (TPSA) is 22.1 Å². The van der Waals surface area contributed by atoms with E-state index in [0.717, 1.165) is 26.9 Å². The van der Waals surface area contributed by atoms with Crippen molar-refractivity contribution in [2.24, 2.45) is 0 Å². The number of hydrogen-bond acceptors (Lipinski definition) is 3. The van der Waals surface area contributed by atoms with Crippen molar-refractivity contribution in [2.75, 3.05) is 6.61 Å². The number of benzene rings is 2. The van der Waals surface area contributed by atoms with Crippen molar-refractivity contribution in [3.63, 3.8) is 0 Å². The normalized spacial score (nSPS) is 10.8. The highest BCUT2D eigenvalue weighted by molar-refractivity contribution is 9.10. The Bertz CT molecular complexity index is 709. The summed E-state index contributed by atoms with van der Waals surface area (Å²) in [7, 11) is 0. The summed E-state index contributed by atoms with van der Waals surface area (Å²) < 4.78 is 6.59. The molecule has 0 amide bonds. The summed E-state index contributed by atoms with van der Waals surface area (Å²) in [6, 6.07) is 10.4. The van der Waals surface area contributed by atoms with Gasteiger partial charge >= 0.3 is 0 Å². The highest BCUT2D eigenvalue weighted by Gasteiger charge is 2.08. The largest absolute Gasteiger partial charge is 0.493 e. The molecule has 3 rings (SSSR count). The zero-order valence-corrected chi connectivity index (χ0v) is 12.7. The Morgan fingerprint density at radius 1 is 1.32 bits per heavy atom. The Balaban J connectivity index is 2.13. The standard InChI is InChI=1S/C15H11BrNOS/c1-2-18-14-6-4-10-7-11(13-8-19-9-17-13)3-5-12(10)15(14)16/h3-8H,2H2,1H3. The van der Waals surface area contributed by atoms with Crippen molar-refractivity contribution in [3.05, 3.63) is 45.7 Å². The molecule has 0 N–H and O–H groups in total. The monoisotopic (exact) mass is 332 g/mol. The lowest BCUT2D eigenvalue weighted by molar-refractivity contribution is 0.338. The smallest absolute Gasteiger partial charge is 0.152 e. The van der Waals surface area contributed by atoms with Crippen molar-refractivity contribution in [1.29, 1.82) is 0 Å². The molecule has 0 atom stereocenters. The second-order valence-corrected chi connectivity index (χ2v) is 5.52. The molecular formula is C15H11BrNOS.